The molecule has 2 N–H and O–H groups in total. The maximum absolute atomic E-state index is 14.0. The van der Waals surface area contributed by atoms with Gasteiger partial charge in [0.15, 0.2) is 0 Å². The number of hydrogen-bond donors (Lipinski definition) is 2. The highest BCUT2D eigenvalue weighted by atomic mass is 35.5. The lowest BCUT2D eigenvalue weighted by molar-refractivity contribution is -0.129. The number of para-hydroxylation sites is 1. The summed E-state index contributed by atoms with van der Waals surface area (Å²) >= 11 is 5.79. The zero-order chi connectivity index (χ0) is 21.5. The van der Waals surface area contributed by atoms with Gasteiger partial charge in [-0.15, -0.1) is 0 Å². The highest BCUT2D eigenvalue weighted by molar-refractivity contribution is 6.30. The second-order valence-corrected chi connectivity index (χ2v) is 7.46. The number of nitrogens with one attached hydrogen (secondary N) is 2. The van der Waals surface area contributed by atoms with Crippen LogP contribution >= 0.6 is 11.6 Å². The van der Waals surface area contributed by atoms with Crippen molar-refractivity contribution in [3.63, 3.8) is 0 Å². The molecule has 3 aromatic rings. The molecular formula is C22H24ClFN4O2. The van der Waals surface area contributed by atoms with E-state index in [0.29, 0.717) is 12.0 Å². The number of fused-ring (bicyclic) bond motifs is 1. The smallest absolute Gasteiger partial charge is 0.242 e. The zero-order valence-corrected chi connectivity index (χ0v) is 17.5. The Morgan fingerprint density at radius 3 is 2.80 bits per heavy atom. The monoisotopic (exact) mass is 430 g/mol. The van der Waals surface area contributed by atoms with Crippen LogP contribution in [0, 0.1) is 5.82 Å². The minimum Gasteiger partial charge on any atom is -0.350 e. The van der Waals surface area contributed by atoms with E-state index in [9.17, 15) is 14.0 Å². The maximum atomic E-state index is 14.0. The van der Waals surface area contributed by atoms with Crippen molar-refractivity contribution in [2.45, 2.75) is 45.3 Å². The van der Waals surface area contributed by atoms with Crippen LogP contribution in [0.2, 0.25) is 5.02 Å². The molecule has 2 amide bonds. The van der Waals surface area contributed by atoms with Gasteiger partial charge < -0.3 is 10.6 Å². The standard InChI is InChI=1S/C22H24ClFN4O2/c1-2-3-10-18(22(30)25-12-16-8-6-9-17(23)21(16)24)27-20(29)14-28-19-11-5-4-7-15(19)13-26-28/h4-9,11,13,18H,2-3,10,12,14H2,1H3,(H,25,30)(H,27,29)/t18-/m0/s1. The van der Waals surface area contributed by atoms with Gasteiger partial charge in [-0.3, -0.25) is 14.3 Å². The molecule has 0 aliphatic carbocycles. The Morgan fingerprint density at radius 2 is 2.00 bits per heavy atom. The summed E-state index contributed by atoms with van der Waals surface area (Å²) in [5, 5.41) is 10.7. The molecule has 0 radical (unpaired) electrons. The number of carbonyl (C=O) groups is 2. The summed E-state index contributed by atoms with van der Waals surface area (Å²) in [7, 11) is 0. The third-order valence-corrected chi connectivity index (χ3v) is 5.12. The molecule has 2 aromatic carbocycles. The fraction of sp³-hybridized carbons (Fsp3) is 0.318. The molecule has 0 saturated carbocycles. The SMILES string of the molecule is CCCC[C@H](NC(=O)Cn1ncc2ccccc21)C(=O)NCc1cccc(Cl)c1F. The Hall–Kier alpha value is -2.93. The van der Waals surface area contributed by atoms with E-state index < -0.39 is 11.9 Å². The van der Waals surface area contributed by atoms with Gasteiger partial charge in [0, 0.05) is 17.5 Å². The van der Waals surface area contributed by atoms with Crippen molar-refractivity contribution in [2.75, 3.05) is 0 Å². The summed E-state index contributed by atoms with van der Waals surface area (Å²) in [6, 6.07) is 11.5. The van der Waals surface area contributed by atoms with Gasteiger partial charge in [-0.2, -0.15) is 5.10 Å². The Balaban J connectivity index is 1.63. The van der Waals surface area contributed by atoms with Gasteiger partial charge in [0.25, 0.3) is 0 Å². The predicted octanol–water partition coefficient (Wildman–Crippen LogP) is 3.82. The molecule has 0 aliphatic heterocycles. The van der Waals surface area contributed by atoms with Crippen LogP contribution in [-0.4, -0.2) is 27.6 Å². The quantitative estimate of drug-likeness (QED) is 0.541. The van der Waals surface area contributed by atoms with Crippen LogP contribution in [0.3, 0.4) is 0 Å². The third kappa shape index (κ3) is 5.36. The normalized spacial score (nSPS) is 12.0. The summed E-state index contributed by atoms with van der Waals surface area (Å²) in [6.45, 7) is 2.01. The second-order valence-electron chi connectivity index (χ2n) is 7.05. The molecule has 1 aromatic heterocycles. The van der Waals surface area contributed by atoms with Gasteiger partial charge in [-0.1, -0.05) is 61.7 Å². The van der Waals surface area contributed by atoms with Crippen molar-refractivity contribution in [1.82, 2.24) is 20.4 Å². The van der Waals surface area contributed by atoms with Crippen LogP contribution < -0.4 is 10.6 Å². The number of amides is 2. The molecule has 0 saturated heterocycles. The van der Waals surface area contributed by atoms with E-state index in [4.69, 9.17) is 11.6 Å². The van der Waals surface area contributed by atoms with E-state index in [2.05, 4.69) is 15.7 Å². The number of aromatic nitrogens is 2. The van der Waals surface area contributed by atoms with Crippen LogP contribution in [0.25, 0.3) is 10.9 Å². The van der Waals surface area contributed by atoms with E-state index in [1.54, 1.807) is 23.0 Å². The topological polar surface area (TPSA) is 76.0 Å². The molecule has 0 spiro atoms. The van der Waals surface area contributed by atoms with Gasteiger partial charge >= 0.3 is 0 Å². The Kier molecular flexibility index (Phi) is 7.41. The van der Waals surface area contributed by atoms with Crippen LogP contribution in [0.4, 0.5) is 4.39 Å². The lowest BCUT2D eigenvalue weighted by Crippen LogP contribution is -2.47. The molecule has 8 heteroatoms. The zero-order valence-electron chi connectivity index (χ0n) is 16.7. The average molecular weight is 431 g/mol. The van der Waals surface area contributed by atoms with Gasteiger partial charge in [-0.25, -0.2) is 4.39 Å². The number of halogens is 2. The van der Waals surface area contributed by atoms with E-state index in [1.165, 1.54) is 6.07 Å². The molecule has 6 nitrogen and oxygen atoms in total. The van der Waals surface area contributed by atoms with Crippen molar-refractivity contribution in [3.8, 4) is 0 Å². The fourth-order valence-corrected chi connectivity index (χ4v) is 3.39. The number of rotatable bonds is 9. The molecule has 0 unspecified atom stereocenters. The van der Waals surface area contributed by atoms with E-state index in [1.807, 2.05) is 31.2 Å². The second kappa shape index (κ2) is 10.2. The third-order valence-electron chi connectivity index (χ3n) is 4.83. The Bertz CT molecular complexity index is 1040. The number of nitrogens with zero attached hydrogens (tertiary/aromatic N) is 2. The van der Waals surface area contributed by atoms with E-state index in [-0.39, 0.29) is 29.9 Å². The largest absolute Gasteiger partial charge is 0.350 e. The lowest BCUT2D eigenvalue weighted by Gasteiger charge is -2.19. The lowest BCUT2D eigenvalue weighted by atomic mass is 10.1. The maximum Gasteiger partial charge on any atom is 0.242 e. The van der Waals surface area contributed by atoms with Crippen molar-refractivity contribution >= 4 is 34.3 Å². The highest BCUT2D eigenvalue weighted by Crippen LogP contribution is 2.17. The first-order valence-corrected chi connectivity index (χ1v) is 10.3. The minimum atomic E-state index is -0.707. The number of carbonyl (C=O) groups excluding carboxylic acids is 2. The summed E-state index contributed by atoms with van der Waals surface area (Å²) < 4.78 is 15.6. The minimum absolute atomic E-state index is 0.00374. The molecule has 1 heterocycles. The average Bonchev–Trinajstić information content (AvgIpc) is 3.14. The molecule has 0 aliphatic rings. The van der Waals surface area contributed by atoms with Crippen molar-refractivity contribution < 1.29 is 14.0 Å². The van der Waals surface area contributed by atoms with Crippen LogP contribution in [0.5, 0.6) is 0 Å². The first-order valence-electron chi connectivity index (χ1n) is 9.90. The van der Waals surface area contributed by atoms with Gasteiger partial charge in [0.2, 0.25) is 11.8 Å². The molecule has 0 bridgehead atoms. The van der Waals surface area contributed by atoms with Crippen LogP contribution in [-0.2, 0) is 22.7 Å². The predicted molar refractivity (Wildman–Crippen MR) is 114 cm³/mol. The number of hydrogen-bond acceptors (Lipinski definition) is 3. The highest BCUT2D eigenvalue weighted by Gasteiger charge is 2.21. The van der Waals surface area contributed by atoms with Crippen molar-refractivity contribution in [1.29, 1.82) is 0 Å². The molecule has 1 atom stereocenters. The number of benzene rings is 2. The van der Waals surface area contributed by atoms with Gasteiger partial charge in [0.1, 0.15) is 18.4 Å². The molecular weight excluding hydrogens is 407 g/mol. The summed E-state index contributed by atoms with van der Waals surface area (Å²) in [5.74, 6) is -1.23. The van der Waals surface area contributed by atoms with Gasteiger partial charge in [0.05, 0.1) is 16.7 Å². The Morgan fingerprint density at radius 1 is 1.20 bits per heavy atom. The molecule has 30 heavy (non-hydrogen) atoms. The molecule has 3 rings (SSSR count). The first kappa shape index (κ1) is 21.8. The van der Waals surface area contributed by atoms with E-state index >= 15 is 0 Å². The summed E-state index contributed by atoms with van der Waals surface area (Å²) in [5.41, 5.74) is 1.14. The van der Waals surface area contributed by atoms with Crippen LogP contribution in [0.1, 0.15) is 31.7 Å². The van der Waals surface area contributed by atoms with Crippen molar-refractivity contribution in [3.05, 3.63) is 65.1 Å². The summed E-state index contributed by atoms with van der Waals surface area (Å²) in [6.07, 6.45) is 3.84. The summed E-state index contributed by atoms with van der Waals surface area (Å²) in [4.78, 5) is 25.2. The van der Waals surface area contributed by atoms with Crippen LogP contribution in [0.15, 0.2) is 48.7 Å². The van der Waals surface area contributed by atoms with Crippen molar-refractivity contribution in [2.24, 2.45) is 0 Å². The molecule has 158 valence electrons. The van der Waals surface area contributed by atoms with E-state index in [0.717, 1.165) is 23.7 Å². The number of unbranched alkanes of at least 4 members (excludes halogenated alkanes) is 1. The first-order chi connectivity index (χ1) is 14.5. The van der Waals surface area contributed by atoms with Gasteiger partial charge in [-0.05, 0) is 18.6 Å². The fourth-order valence-electron chi connectivity index (χ4n) is 3.20. The molecule has 0 fully saturated rings. The Labute approximate surface area is 179 Å².